The van der Waals surface area contributed by atoms with Crippen molar-refractivity contribution in [2.75, 3.05) is 23.3 Å². The maximum Gasteiger partial charge on any atom is 0.229 e. The van der Waals surface area contributed by atoms with E-state index in [1.807, 2.05) is 33.2 Å². The van der Waals surface area contributed by atoms with Crippen molar-refractivity contribution in [1.82, 2.24) is 25.1 Å². The Morgan fingerprint density at radius 3 is 2.81 bits per heavy atom. The van der Waals surface area contributed by atoms with E-state index in [2.05, 4.69) is 36.7 Å². The quantitative estimate of drug-likeness (QED) is 0.606. The zero-order valence-corrected chi connectivity index (χ0v) is 17.8. The summed E-state index contributed by atoms with van der Waals surface area (Å²) in [5.41, 5.74) is 2.25. The summed E-state index contributed by atoms with van der Waals surface area (Å²) in [6, 6.07) is 8.76. The second-order valence-corrected chi connectivity index (χ2v) is 8.12. The molecule has 9 heteroatoms. The van der Waals surface area contributed by atoms with E-state index in [0.717, 1.165) is 22.6 Å². The SMILES string of the molecule is Cc1cnc(Nc2cnn(C)c2)nc1N1CC(CC#N)(NC(C)c2cccc(F)c2)C1. The van der Waals surface area contributed by atoms with Gasteiger partial charge in [0.1, 0.15) is 11.6 Å². The number of hydrogen-bond acceptors (Lipinski definition) is 7. The third-order valence-electron chi connectivity index (χ3n) is 5.48. The van der Waals surface area contributed by atoms with Gasteiger partial charge < -0.3 is 15.5 Å². The molecule has 1 aliphatic rings. The van der Waals surface area contributed by atoms with Gasteiger partial charge in [-0.15, -0.1) is 0 Å². The molecule has 0 bridgehead atoms. The van der Waals surface area contributed by atoms with Gasteiger partial charge >= 0.3 is 0 Å². The van der Waals surface area contributed by atoms with Gasteiger partial charge in [-0.05, 0) is 31.5 Å². The standard InChI is InChI=1S/C22H25FN8/c1-15-10-25-21(27-19-11-26-30(3)12-19)28-20(15)31-13-22(14-31,7-8-24)29-16(2)17-5-4-6-18(23)9-17/h4-6,9-12,16,29H,7,13-14H2,1-3H3,(H,25,27,28). The lowest BCUT2D eigenvalue weighted by Gasteiger charge is -2.51. The lowest BCUT2D eigenvalue weighted by atomic mass is 9.85. The highest BCUT2D eigenvalue weighted by molar-refractivity contribution is 5.57. The minimum Gasteiger partial charge on any atom is -0.352 e. The molecule has 160 valence electrons. The van der Waals surface area contributed by atoms with Gasteiger partial charge in [-0.1, -0.05) is 12.1 Å². The van der Waals surface area contributed by atoms with Crippen molar-refractivity contribution in [3.05, 3.63) is 59.8 Å². The first-order valence-corrected chi connectivity index (χ1v) is 10.1. The predicted octanol–water partition coefficient (Wildman–Crippen LogP) is 3.22. The maximum atomic E-state index is 13.6. The van der Waals surface area contributed by atoms with Gasteiger partial charge in [0.15, 0.2) is 0 Å². The van der Waals surface area contributed by atoms with Crippen molar-refractivity contribution in [3.8, 4) is 6.07 Å². The van der Waals surface area contributed by atoms with Crippen LogP contribution < -0.4 is 15.5 Å². The lowest BCUT2D eigenvalue weighted by molar-refractivity contribution is 0.235. The molecule has 2 N–H and O–H groups in total. The number of hydrogen-bond donors (Lipinski definition) is 2. The smallest absolute Gasteiger partial charge is 0.229 e. The molecule has 1 aromatic carbocycles. The van der Waals surface area contributed by atoms with E-state index in [1.54, 1.807) is 23.1 Å². The van der Waals surface area contributed by atoms with Gasteiger partial charge in [0, 0.05) is 44.1 Å². The van der Waals surface area contributed by atoms with Crippen LogP contribution in [0.25, 0.3) is 0 Å². The lowest BCUT2D eigenvalue weighted by Crippen LogP contribution is -2.69. The van der Waals surface area contributed by atoms with E-state index in [1.165, 1.54) is 12.1 Å². The zero-order chi connectivity index (χ0) is 22.0. The molecule has 1 saturated heterocycles. The topological polar surface area (TPSA) is 94.7 Å². The molecule has 1 aliphatic heterocycles. The zero-order valence-electron chi connectivity index (χ0n) is 17.8. The summed E-state index contributed by atoms with van der Waals surface area (Å²) < 4.78 is 15.3. The Labute approximate surface area is 180 Å². The molecule has 0 radical (unpaired) electrons. The van der Waals surface area contributed by atoms with Crippen molar-refractivity contribution >= 4 is 17.5 Å². The first-order valence-electron chi connectivity index (χ1n) is 10.1. The van der Waals surface area contributed by atoms with Gasteiger partial charge in [0.05, 0.1) is 29.9 Å². The molecule has 3 heterocycles. The molecule has 4 rings (SSSR count). The monoisotopic (exact) mass is 420 g/mol. The van der Waals surface area contributed by atoms with Crippen LogP contribution in [0.15, 0.2) is 42.9 Å². The van der Waals surface area contributed by atoms with Crippen LogP contribution >= 0.6 is 0 Å². The van der Waals surface area contributed by atoms with Crippen LogP contribution in [-0.2, 0) is 7.05 Å². The Morgan fingerprint density at radius 1 is 1.32 bits per heavy atom. The molecule has 1 fully saturated rings. The number of nitrogens with zero attached hydrogens (tertiary/aromatic N) is 6. The number of nitriles is 1. The molecule has 8 nitrogen and oxygen atoms in total. The molecule has 0 amide bonds. The molecule has 0 aliphatic carbocycles. The van der Waals surface area contributed by atoms with Crippen molar-refractivity contribution in [3.63, 3.8) is 0 Å². The Kier molecular flexibility index (Phi) is 5.57. The number of nitrogens with one attached hydrogen (secondary N) is 2. The maximum absolute atomic E-state index is 13.6. The van der Waals surface area contributed by atoms with Crippen molar-refractivity contribution in [2.45, 2.75) is 31.8 Å². The summed E-state index contributed by atoms with van der Waals surface area (Å²) in [6.07, 6.45) is 5.70. The summed E-state index contributed by atoms with van der Waals surface area (Å²) >= 11 is 0. The number of halogens is 1. The first kappa shape index (κ1) is 20.8. The molecule has 0 spiro atoms. The molecule has 31 heavy (non-hydrogen) atoms. The molecule has 2 aromatic heterocycles. The Morgan fingerprint density at radius 2 is 2.13 bits per heavy atom. The summed E-state index contributed by atoms with van der Waals surface area (Å²) in [5, 5.41) is 20.3. The van der Waals surface area contributed by atoms with Gasteiger partial charge in [0.25, 0.3) is 0 Å². The average molecular weight is 420 g/mol. The van der Waals surface area contributed by atoms with Crippen LogP contribution in [-0.4, -0.2) is 38.4 Å². The van der Waals surface area contributed by atoms with Gasteiger partial charge in [-0.2, -0.15) is 15.3 Å². The van der Waals surface area contributed by atoms with E-state index in [0.29, 0.717) is 25.5 Å². The fourth-order valence-corrected chi connectivity index (χ4v) is 3.99. The number of aryl methyl sites for hydroxylation is 2. The molecule has 1 atom stereocenters. The molecule has 1 unspecified atom stereocenters. The number of rotatable bonds is 7. The number of benzene rings is 1. The Balaban J connectivity index is 1.48. The highest BCUT2D eigenvalue weighted by Crippen LogP contribution is 2.33. The summed E-state index contributed by atoms with van der Waals surface area (Å²) in [6.45, 7) is 5.22. The van der Waals surface area contributed by atoms with Crippen molar-refractivity contribution < 1.29 is 4.39 Å². The van der Waals surface area contributed by atoms with Crippen LogP contribution in [0.4, 0.5) is 21.8 Å². The van der Waals surface area contributed by atoms with Crippen LogP contribution in [0.1, 0.15) is 30.5 Å². The number of aromatic nitrogens is 4. The highest BCUT2D eigenvalue weighted by Gasteiger charge is 2.44. The largest absolute Gasteiger partial charge is 0.352 e. The van der Waals surface area contributed by atoms with Crippen LogP contribution in [0.3, 0.4) is 0 Å². The van der Waals surface area contributed by atoms with E-state index in [4.69, 9.17) is 0 Å². The third kappa shape index (κ3) is 4.49. The van der Waals surface area contributed by atoms with Crippen LogP contribution in [0.5, 0.6) is 0 Å². The molecular formula is C22H25FN8. The highest BCUT2D eigenvalue weighted by atomic mass is 19.1. The van der Waals surface area contributed by atoms with E-state index >= 15 is 0 Å². The normalized spacial score (nSPS) is 15.8. The van der Waals surface area contributed by atoms with Gasteiger partial charge in [0.2, 0.25) is 5.95 Å². The van der Waals surface area contributed by atoms with Gasteiger partial charge in [-0.3, -0.25) is 4.68 Å². The third-order valence-corrected chi connectivity index (χ3v) is 5.48. The average Bonchev–Trinajstić information content (AvgIpc) is 3.12. The fraction of sp³-hybridized carbons (Fsp3) is 0.364. The second-order valence-electron chi connectivity index (χ2n) is 8.12. The van der Waals surface area contributed by atoms with E-state index in [-0.39, 0.29) is 17.4 Å². The van der Waals surface area contributed by atoms with E-state index < -0.39 is 0 Å². The first-order chi connectivity index (χ1) is 14.9. The minimum atomic E-state index is -0.380. The molecule has 3 aromatic rings. The summed E-state index contributed by atoms with van der Waals surface area (Å²) in [5.74, 6) is 1.06. The van der Waals surface area contributed by atoms with Crippen molar-refractivity contribution in [1.29, 1.82) is 5.26 Å². The fourth-order valence-electron chi connectivity index (χ4n) is 3.99. The summed E-state index contributed by atoms with van der Waals surface area (Å²) in [4.78, 5) is 11.2. The van der Waals surface area contributed by atoms with Gasteiger partial charge in [-0.25, -0.2) is 9.37 Å². The second kappa shape index (κ2) is 8.32. The minimum absolute atomic E-state index is 0.0829. The molecular weight excluding hydrogens is 395 g/mol. The van der Waals surface area contributed by atoms with E-state index in [9.17, 15) is 9.65 Å². The van der Waals surface area contributed by atoms with Crippen molar-refractivity contribution in [2.24, 2.45) is 7.05 Å². The predicted molar refractivity (Wildman–Crippen MR) is 116 cm³/mol. The summed E-state index contributed by atoms with van der Waals surface area (Å²) in [7, 11) is 1.85. The Bertz CT molecular complexity index is 1110. The Hall–Kier alpha value is -3.51. The molecule has 0 saturated carbocycles. The number of anilines is 3. The van der Waals surface area contributed by atoms with Crippen LogP contribution in [0, 0.1) is 24.1 Å². The van der Waals surface area contributed by atoms with Crippen LogP contribution in [0.2, 0.25) is 0 Å².